The second-order valence-electron chi connectivity index (χ2n) is 0. The Morgan fingerprint density at radius 1 is 0.833 bits per heavy atom. The standard InChI is InChI=1S/2CH2O.H2O2/c3*1-2/h2*1H2;1-2H. The van der Waals surface area contributed by atoms with E-state index in [4.69, 9.17) is 20.1 Å². The molecule has 0 aliphatic rings. The average Bonchev–Trinajstić information content (AvgIpc) is 1.81. The fraction of sp³-hybridized carbons (Fsp3) is 0. The van der Waals surface area contributed by atoms with E-state index in [0.29, 0.717) is 0 Å². The number of carbonyl (C=O) groups is 2. The summed E-state index contributed by atoms with van der Waals surface area (Å²) in [5.41, 5.74) is 0. The van der Waals surface area contributed by atoms with Gasteiger partial charge in [0.2, 0.25) is 0 Å². The van der Waals surface area contributed by atoms with E-state index in [1.165, 1.54) is 0 Å². The number of hydrogen-bond acceptors (Lipinski definition) is 4. The summed E-state index contributed by atoms with van der Waals surface area (Å²) in [5, 5.41) is 12.0. The molecule has 4 heteroatoms. The topological polar surface area (TPSA) is 74.6 Å². The molecular weight excluding hydrogens is 88.0 g/mol. The summed E-state index contributed by atoms with van der Waals surface area (Å²) in [6.45, 7) is 4.00. The number of rotatable bonds is 0. The largest absolute Gasteiger partial charge is 0.307 e. The van der Waals surface area contributed by atoms with Crippen molar-refractivity contribution in [2.45, 2.75) is 0 Å². The zero-order chi connectivity index (χ0) is 6.00. The highest BCUT2D eigenvalue weighted by atomic mass is 17.0. The summed E-state index contributed by atoms with van der Waals surface area (Å²) < 4.78 is 0. The van der Waals surface area contributed by atoms with Gasteiger partial charge in [0.1, 0.15) is 13.6 Å². The summed E-state index contributed by atoms with van der Waals surface area (Å²) in [7, 11) is 0. The molecule has 0 heterocycles. The molecule has 0 aliphatic heterocycles. The second kappa shape index (κ2) is 82.7. The SMILES string of the molecule is C=O.C=O.OO. The smallest absolute Gasteiger partial charge is 0.106 e. The molecule has 0 spiro atoms. The van der Waals surface area contributed by atoms with Crippen LogP contribution in [0.1, 0.15) is 0 Å². The molecule has 4 nitrogen and oxygen atoms in total. The van der Waals surface area contributed by atoms with Crippen LogP contribution >= 0.6 is 0 Å². The minimum atomic E-state index is 2.00. The van der Waals surface area contributed by atoms with Crippen LogP contribution in [0.15, 0.2) is 0 Å². The van der Waals surface area contributed by atoms with E-state index in [-0.39, 0.29) is 0 Å². The van der Waals surface area contributed by atoms with Crippen LogP contribution < -0.4 is 0 Å². The van der Waals surface area contributed by atoms with Crippen LogP contribution in [0.5, 0.6) is 0 Å². The first-order valence-corrected chi connectivity index (χ1v) is 0.777. The van der Waals surface area contributed by atoms with Gasteiger partial charge in [0.25, 0.3) is 0 Å². The predicted molar refractivity (Wildman–Crippen MR) is 19.5 cm³/mol. The predicted octanol–water partition coefficient (Wildman–Crippen LogP) is -0.352. The average molecular weight is 94.1 g/mol. The molecule has 38 valence electrons. The molecule has 0 aliphatic carbocycles. The minimum Gasteiger partial charge on any atom is -0.307 e. The molecule has 0 amide bonds. The lowest BCUT2D eigenvalue weighted by atomic mass is 11.9. The van der Waals surface area contributed by atoms with Gasteiger partial charge in [-0.2, -0.15) is 0 Å². The van der Waals surface area contributed by atoms with E-state index < -0.39 is 0 Å². The summed E-state index contributed by atoms with van der Waals surface area (Å²) >= 11 is 0. The molecule has 0 aromatic heterocycles. The van der Waals surface area contributed by atoms with Gasteiger partial charge in [0, 0.05) is 0 Å². The Labute approximate surface area is 35.0 Å². The Morgan fingerprint density at radius 2 is 0.833 bits per heavy atom. The van der Waals surface area contributed by atoms with Crippen molar-refractivity contribution >= 4 is 13.6 Å². The Balaban J connectivity index is -0.0000000225. The Bertz CT molecular complexity index is 7.51. The Morgan fingerprint density at radius 3 is 0.833 bits per heavy atom. The van der Waals surface area contributed by atoms with Gasteiger partial charge in [-0.3, -0.25) is 10.5 Å². The van der Waals surface area contributed by atoms with Crippen LogP contribution in [0.4, 0.5) is 0 Å². The third-order valence-electron chi connectivity index (χ3n) is 0. The molecule has 6 heavy (non-hydrogen) atoms. The van der Waals surface area contributed by atoms with Gasteiger partial charge < -0.3 is 9.59 Å². The van der Waals surface area contributed by atoms with Gasteiger partial charge in [0.15, 0.2) is 0 Å². The first-order chi connectivity index (χ1) is 3.00. The van der Waals surface area contributed by atoms with Crippen molar-refractivity contribution < 1.29 is 20.1 Å². The lowest BCUT2D eigenvalue weighted by molar-refractivity contribution is -0.176. The molecule has 2 N–H and O–H groups in total. The highest BCUT2D eigenvalue weighted by molar-refractivity contribution is 5.11. The van der Waals surface area contributed by atoms with Gasteiger partial charge in [-0.25, -0.2) is 0 Å². The van der Waals surface area contributed by atoms with E-state index >= 15 is 0 Å². The maximum Gasteiger partial charge on any atom is 0.106 e. The fourth-order valence-electron chi connectivity index (χ4n) is 0. The fourth-order valence-corrected chi connectivity index (χ4v) is 0. The van der Waals surface area contributed by atoms with Crippen LogP contribution in [0.2, 0.25) is 0 Å². The molecule has 0 saturated heterocycles. The van der Waals surface area contributed by atoms with Crippen molar-refractivity contribution in [2.75, 3.05) is 0 Å². The minimum absolute atomic E-state index is 2.00. The van der Waals surface area contributed by atoms with Crippen LogP contribution in [0.3, 0.4) is 0 Å². The maximum atomic E-state index is 8.00. The first-order valence-electron chi connectivity index (χ1n) is 0.777. The Kier molecular flexibility index (Phi) is 258. The van der Waals surface area contributed by atoms with Crippen LogP contribution in [0, 0.1) is 0 Å². The quantitative estimate of drug-likeness (QED) is 0.317. The molecule has 0 bridgehead atoms. The van der Waals surface area contributed by atoms with E-state index in [2.05, 4.69) is 0 Å². The monoisotopic (exact) mass is 94.0 g/mol. The van der Waals surface area contributed by atoms with Crippen LogP contribution in [-0.2, 0) is 9.59 Å². The van der Waals surface area contributed by atoms with Crippen molar-refractivity contribution in [3.8, 4) is 0 Å². The molecular formula is C2H6O4. The molecule has 0 unspecified atom stereocenters. The highest BCUT2D eigenvalue weighted by Gasteiger charge is 0.746. The van der Waals surface area contributed by atoms with E-state index in [0.717, 1.165) is 0 Å². The number of carbonyl (C=O) groups excluding carboxylic acids is 2. The zero-order valence-corrected chi connectivity index (χ0v) is 3.13. The van der Waals surface area contributed by atoms with E-state index in [9.17, 15) is 0 Å². The lowest BCUT2D eigenvalue weighted by Crippen LogP contribution is -1.29. The molecule has 0 aromatic carbocycles. The second-order valence-corrected chi connectivity index (χ2v) is 0. The van der Waals surface area contributed by atoms with Crippen molar-refractivity contribution in [3.05, 3.63) is 0 Å². The summed E-state index contributed by atoms with van der Waals surface area (Å²) in [6, 6.07) is 0. The van der Waals surface area contributed by atoms with E-state index in [1.807, 2.05) is 13.6 Å². The zero-order valence-electron chi connectivity index (χ0n) is 3.13. The maximum absolute atomic E-state index is 8.00. The number of hydrogen-bond donors (Lipinski definition) is 2. The van der Waals surface area contributed by atoms with Crippen LogP contribution in [0.25, 0.3) is 0 Å². The third-order valence-corrected chi connectivity index (χ3v) is 0. The molecule has 0 atom stereocenters. The third kappa shape index (κ3) is 30.4. The van der Waals surface area contributed by atoms with Crippen molar-refractivity contribution in [2.24, 2.45) is 0 Å². The lowest BCUT2D eigenvalue weighted by Gasteiger charge is -1.25. The van der Waals surface area contributed by atoms with Gasteiger partial charge in [-0.05, 0) is 0 Å². The van der Waals surface area contributed by atoms with Gasteiger partial charge >= 0.3 is 0 Å². The molecule has 0 saturated carbocycles. The van der Waals surface area contributed by atoms with Gasteiger partial charge in [-0.1, -0.05) is 0 Å². The van der Waals surface area contributed by atoms with Crippen molar-refractivity contribution in [1.82, 2.24) is 0 Å². The van der Waals surface area contributed by atoms with E-state index in [1.54, 1.807) is 0 Å². The Hall–Kier alpha value is -0.740. The molecule has 0 rings (SSSR count). The molecule has 0 aromatic rings. The normalized spacial score (nSPS) is 2.33. The summed E-state index contributed by atoms with van der Waals surface area (Å²) in [5.74, 6) is 0. The van der Waals surface area contributed by atoms with Gasteiger partial charge in [0.05, 0.1) is 0 Å². The molecule has 0 fully saturated rings. The van der Waals surface area contributed by atoms with Gasteiger partial charge in [-0.15, -0.1) is 0 Å². The van der Waals surface area contributed by atoms with Crippen LogP contribution in [-0.4, -0.2) is 24.1 Å². The molecule has 0 radical (unpaired) electrons. The first kappa shape index (κ1) is 18.7. The van der Waals surface area contributed by atoms with Crippen molar-refractivity contribution in [1.29, 1.82) is 0 Å². The summed E-state index contributed by atoms with van der Waals surface area (Å²) in [6.07, 6.45) is 0. The van der Waals surface area contributed by atoms with Crippen molar-refractivity contribution in [3.63, 3.8) is 0 Å². The summed E-state index contributed by atoms with van der Waals surface area (Å²) in [4.78, 5) is 16.0. The highest BCUT2D eigenvalue weighted by Crippen LogP contribution is 0.711.